The van der Waals surface area contributed by atoms with Gasteiger partial charge in [-0.05, 0) is 40.0 Å². The molecule has 6 nitrogen and oxygen atoms in total. The number of nitriles is 1. The van der Waals surface area contributed by atoms with Gasteiger partial charge in [-0.2, -0.15) is 5.26 Å². The molecule has 6 heteroatoms. The van der Waals surface area contributed by atoms with Gasteiger partial charge in [0.05, 0.1) is 17.6 Å². The Labute approximate surface area is 120 Å². The Morgan fingerprint density at radius 3 is 2.75 bits per heavy atom. The molecule has 0 aromatic carbocycles. The van der Waals surface area contributed by atoms with Gasteiger partial charge in [-0.1, -0.05) is 0 Å². The van der Waals surface area contributed by atoms with Crippen LogP contribution in [-0.4, -0.2) is 47.4 Å². The fourth-order valence-electron chi connectivity index (χ4n) is 2.45. The lowest BCUT2D eigenvalue weighted by Gasteiger charge is -2.39. The first-order valence-corrected chi connectivity index (χ1v) is 6.99. The third kappa shape index (κ3) is 4.66. The number of carbonyl (C=O) groups excluding carboxylic acids is 1. The van der Waals surface area contributed by atoms with Crippen molar-refractivity contribution in [1.82, 2.24) is 4.90 Å². The highest BCUT2D eigenvalue weighted by molar-refractivity contribution is 5.68. The predicted molar refractivity (Wildman–Crippen MR) is 74.8 cm³/mol. The molecule has 0 aliphatic carbocycles. The maximum absolute atomic E-state index is 12.1. The Morgan fingerprint density at radius 2 is 2.25 bits per heavy atom. The zero-order chi connectivity index (χ0) is 15.4. The van der Waals surface area contributed by atoms with E-state index in [0.717, 1.165) is 6.42 Å². The van der Waals surface area contributed by atoms with Gasteiger partial charge in [0.15, 0.2) is 0 Å². The highest BCUT2D eigenvalue weighted by atomic mass is 16.6. The summed E-state index contributed by atoms with van der Waals surface area (Å²) in [5, 5.41) is 19.1. The standard InChI is InChI=1S/C14H25N3O3/c1-13(2,3)20-12(19)17-6-4-5-14(9-16,10-17)7-11(18)8-15/h11,18H,4-8,10,15H2,1-3H3. The Hall–Kier alpha value is -1.32. The maximum Gasteiger partial charge on any atom is 0.410 e. The van der Waals surface area contributed by atoms with Crippen molar-refractivity contribution in [3.05, 3.63) is 0 Å². The molecule has 1 aliphatic heterocycles. The Morgan fingerprint density at radius 1 is 1.60 bits per heavy atom. The van der Waals surface area contributed by atoms with E-state index in [2.05, 4.69) is 6.07 Å². The lowest BCUT2D eigenvalue weighted by atomic mass is 9.77. The van der Waals surface area contributed by atoms with Crippen LogP contribution in [-0.2, 0) is 4.74 Å². The minimum absolute atomic E-state index is 0.121. The summed E-state index contributed by atoms with van der Waals surface area (Å²) in [7, 11) is 0. The molecule has 0 aromatic heterocycles. The summed E-state index contributed by atoms with van der Waals surface area (Å²) in [5.74, 6) is 0. The zero-order valence-corrected chi connectivity index (χ0v) is 12.6. The summed E-state index contributed by atoms with van der Waals surface area (Å²) in [6.07, 6.45) is 0.566. The molecular formula is C14H25N3O3. The monoisotopic (exact) mass is 283 g/mol. The third-order valence-electron chi connectivity index (χ3n) is 3.36. The zero-order valence-electron chi connectivity index (χ0n) is 12.6. The van der Waals surface area contributed by atoms with Gasteiger partial charge in [-0.3, -0.25) is 0 Å². The molecule has 2 atom stereocenters. The Kier molecular flexibility index (Phi) is 5.37. The summed E-state index contributed by atoms with van der Waals surface area (Å²) in [4.78, 5) is 13.6. The number of hydrogen-bond acceptors (Lipinski definition) is 5. The molecule has 0 aromatic rings. The molecule has 114 valence electrons. The molecule has 20 heavy (non-hydrogen) atoms. The minimum Gasteiger partial charge on any atom is -0.444 e. The number of nitrogens with two attached hydrogens (primary N) is 1. The van der Waals surface area contributed by atoms with Gasteiger partial charge in [-0.25, -0.2) is 4.79 Å². The molecular weight excluding hydrogens is 258 g/mol. The van der Waals surface area contributed by atoms with Crippen LogP contribution in [0.1, 0.15) is 40.0 Å². The van der Waals surface area contributed by atoms with Crippen LogP contribution >= 0.6 is 0 Å². The van der Waals surface area contributed by atoms with E-state index < -0.39 is 23.2 Å². The normalized spacial score (nSPS) is 24.9. The molecule has 1 aliphatic rings. The second-order valence-corrected chi connectivity index (χ2v) is 6.49. The van der Waals surface area contributed by atoms with E-state index in [1.165, 1.54) is 0 Å². The van der Waals surface area contributed by atoms with Gasteiger partial charge in [-0.15, -0.1) is 0 Å². The van der Waals surface area contributed by atoms with E-state index in [9.17, 15) is 15.2 Å². The molecule has 2 unspecified atom stereocenters. The maximum atomic E-state index is 12.1. The van der Waals surface area contributed by atoms with E-state index in [1.54, 1.807) is 4.90 Å². The molecule has 0 radical (unpaired) electrons. The minimum atomic E-state index is -0.728. The van der Waals surface area contributed by atoms with Crippen LogP contribution in [0.25, 0.3) is 0 Å². The fourth-order valence-corrected chi connectivity index (χ4v) is 2.45. The molecule has 3 N–H and O–H groups in total. The highest BCUT2D eigenvalue weighted by Crippen LogP contribution is 2.34. The van der Waals surface area contributed by atoms with Gasteiger partial charge >= 0.3 is 6.09 Å². The lowest BCUT2D eigenvalue weighted by Crippen LogP contribution is -2.48. The smallest absolute Gasteiger partial charge is 0.410 e. The number of ether oxygens (including phenoxy) is 1. The van der Waals surface area contributed by atoms with E-state index >= 15 is 0 Å². The van der Waals surface area contributed by atoms with Crippen molar-refractivity contribution in [1.29, 1.82) is 5.26 Å². The molecule has 1 rings (SSSR count). The molecule has 1 amide bonds. The average molecular weight is 283 g/mol. The van der Waals surface area contributed by atoms with Crippen LogP contribution in [0.15, 0.2) is 0 Å². The van der Waals surface area contributed by atoms with Gasteiger partial charge in [0.1, 0.15) is 5.60 Å². The van der Waals surface area contributed by atoms with Crippen molar-refractivity contribution in [2.24, 2.45) is 11.1 Å². The Balaban J connectivity index is 2.74. The summed E-state index contributed by atoms with van der Waals surface area (Å²) in [5.41, 5.74) is 4.13. The molecule has 1 heterocycles. The predicted octanol–water partition coefficient (Wildman–Crippen LogP) is 1.24. The van der Waals surface area contributed by atoms with Crippen molar-refractivity contribution in [3.8, 4) is 6.07 Å². The largest absolute Gasteiger partial charge is 0.444 e. The van der Waals surface area contributed by atoms with Crippen LogP contribution < -0.4 is 5.73 Å². The number of rotatable bonds is 3. The fraction of sp³-hybridized carbons (Fsp3) is 0.857. The van der Waals surface area contributed by atoms with Crippen molar-refractivity contribution >= 4 is 6.09 Å². The van der Waals surface area contributed by atoms with Crippen molar-refractivity contribution in [3.63, 3.8) is 0 Å². The molecule has 0 saturated carbocycles. The van der Waals surface area contributed by atoms with Crippen LogP contribution in [0.4, 0.5) is 4.79 Å². The number of aliphatic hydroxyl groups is 1. The number of carbonyl (C=O) groups is 1. The van der Waals surface area contributed by atoms with Crippen LogP contribution in [0.2, 0.25) is 0 Å². The number of amides is 1. The third-order valence-corrected chi connectivity index (χ3v) is 3.36. The van der Waals surface area contributed by atoms with Gasteiger partial charge in [0.25, 0.3) is 0 Å². The number of likely N-dealkylation sites (tertiary alicyclic amines) is 1. The van der Waals surface area contributed by atoms with E-state index in [1.807, 2.05) is 20.8 Å². The van der Waals surface area contributed by atoms with Gasteiger partial charge < -0.3 is 20.5 Å². The Bertz CT molecular complexity index is 386. The van der Waals surface area contributed by atoms with Crippen LogP contribution in [0.3, 0.4) is 0 Å². The average Bonchev–Trinajstić information content (AvgIpc) is 2.37. The summed E-state index contributed by atoms with van der Waals surface area (Å²) < 4.78 is 5.34. The molecule has 1 fully saturated rings. The van der Waals surface area contributed by atoms with Crippen molar-refractivity contribution < 1.29 is 14.6 Å². The SMILES string of the molecule is CC(C)(C)OC(=O)N1CCCC(C#N)(CC(O)CN)C1. The van der Waals surface area contributed by atoms with Crippen LogP contribution in [0, 0.1) is 16.7 Å². The second kappa shape index (κ2) is 6.42. The summed E-state index contributed by atoms with van der Waals surface area (Å²) in [6.45, 7) is 6.42. The van der Waals surface area contributed by atoms with Crippen molar-refractivity contribution in [2.45, 2.75) is 51.7 Å². The molecule has 0 spiro atoms. The molecule has 0 bridgehead atoms. The van der Waals surface area contributed by atoms with Gasteiger partial charge in [0.2, 0.25) is 0 Å². The van der Waals surface area contributed by atoms with Crippen molar-refractivity contribution in [2.75, 3.05) is 19.6 Å². The van der Waals surface area contributed by atoms with E-state index in [-0.39, 0.29) is 13.1 Å². The number of hydrogen-bond donors (Lipinski definition) is 2. The van der Waals surface area contributed by atoms with E-state index in [4.69, 9.17) is 10.5 Å². The number of nitrogens with zero attached hydrogens (tertiary/aromatic N) is 2. The summed E-state index contributed by atoms with van der Waals surface area (Å²) in [6, 6.07) is 2.27. The topological polar surface area (TPSA) is 99.6 Å². The first-order valence-electron chi connectivity index (χ1n) is 6.99. The summed E-state index contributed by atoms with van der Waals surface area (Å²) >= 11 is 0. The second-order valence-electron chi connectivity index (χ2n) is 6.49. The van der Waals surface area contributed by atoms with Crippen LogP contribution in [0.5, 0.6) is 0 Å². The first kappa shape index (κ1) is 16.7. The number of piperidine rings is 1. The van der Waals surface area contributed by atoms with Gasteiger partial charge in [0, 0.05) is 19.6 Å². The van der Waals surface area contributed by atoms with E-state index in [0.29, 0.717) is 19.4 Å². The first-order chi connectivity index (χ1) is 9.21. The molecule has 1 saturated heterocycles. The highest BCUT2D eigenvalue weighted by Gasteiger charge is 2.39. The number of aliphatic hydroxyl groups excluding tert-OH is 1. The quantitative estimate of drug-likeness (QED) is 0.811. The lowest BCUT2D eigenvalue weighted by molar-refractivity contribution is 0.00461.